The lowest BCUT2D eigenvalue weighted by Gasteiger charge is -2.02. The number of nitrogens with one attached hydrogen (secondary N) is 1. The Morgan fingerprint density at radius 3 is 2.88 bits per heavy atom. The molecular weight excluding hydrogens is 351 g/mol. The van der Waals surface area contributed by atoms with Crippen molar-refractivity contribution in [2.24, 2.45) is 0 Å². The fraction of sp³-hybridized carbons (Fsp3) is 0.300. The van der Waals surface area contributed by atoms with Crippen LogP contribution in [0, 0.1) is 5.82 Å². The van der Waals surface area contributed by atoms with Crippen molar-refractivity contribution in [1.82, 2.24) is 9.97 Å². The summed E-state index contributed by atoms with van der Waals surface area (Å²) in [5.74, 6) is 0.263. The molecule has 6 heteroatoms. The van der Waals surface area contributed by atoms with Gasteiger partial charge in [0.15, 0.2) is 11.6 Å². The second-order valence-corrected chi connectivity index (χ2v) is 7.51. The maximum atomic E-state index is 13.8. The van der Waals surface area contributed by atoms with Crippen LogP contribution in [0.3, 0.4) is 0 Å². The van der Waals surface area contributed by atoms with Crippen molar-refractivity contribution in [3.63, 3.8) is 0 Å². The molecule has 0 saturated carbocycles. The third-order valence-corrected chi connectivity index (χ3v) is 5.89. The number of fused-ring (bicyclic) bond motifs is 3. The predicted octanol–water partition coefficient (Wildman–Crippen LogP) is 4.57. The van der Waals surface area contributed by atoms with E-state index in [0.717, 1.165) is 29.5 Å². The van der Waals surface area contributed by atoms with Crippen LogP contribution in [0.25, 0.3) is 22.4 Å². The normalized spacial score (nSPS) is 14.5. The standard InChI is InChI=1S/C20H19FN2O2S/c1-25-15-9-7-12(11-14(15)21)8-10-17-22-19(24)18-13-5-3-2-4-6-16(13)26-20(18)23-17/h7-11H,2-6H2,1H3,(H,22,23,24)/b10-8+. The summed E-state index contributed by atoms with van der Waals surface area (Å²) >= 11 is 1.63. The molecule has 0 bridgehead atoms. The topological polar surface area (TPSA) is 55.0 Å². The highest BCUT2D eigenvalue weighted by atomic mass is 32.1. The summed E-state index contributed by atoms with van der Waals surface area (Å²) in [6.45, 7) is 0. The Morgan fingerprint density at radius 1 is 1.23 bits per heavy atom. The van der Waals surface area contributed by atoms with Crippen LogP contribution < -0.4 is 10.3 Å². The lowest BCUT2D eigenvalue weighted by molar-refractivity contribution is 0.386. The van der Waals surface area contributed by atoms with E-state index in [-0.39, 0.29) is 11.3 Å². The first-order chi connectivity index (χ1) is 12.7. The van der Waals surface area contributed by atoms with E-state index in [1.54, 1.807) is 35.6 Å². The van der Waals surface area contributed by atoms with Gasteiger partial charge < -0.3 is 9.72 Å². The van der Waals surface area contributed by atoms with Gasteiger partial charge in [-0.15, -0.1) is 11.3 Å². The minimum absolute atomic E-state index is 0.0880. The molecule has 0 radical (unpaired) electrons. The zero-order chi connectivity index (χ0) is 18.1. The maximum absolute atomic E-state index is 13.8. The summed E-state index contributed by atoms with van der Waals surface area (Å²) in [7, 11) is 1.43. The average Bonchev–Trinajstić information content (AvgIpc) is 2.82. The number of aromatic amines is 1. The van der Waals surface area contributed by atoms with Gasteiger partial charge in [-0.1, -0.05) is 18.6 Å². The average molecular weight is 370 g/mol. The van der Waals surface area contributed by atoms with E-state index >= 15 is 0 Å². The Hall–Kier alpha value is -2.47. The third kappa shape index (κ3) is 3.17. The number of aryl methyl sites for hydroxylation is 2. The molecule has 2 heterocycles. The molecule has 4 rings (SSSR count). The van der Waals surface area contributed by atoms with Gasteiger partial charge in [-0.25, -0.2) is 9.37 Å². The highest BCUT2D eigenvalue weighted by Crippen LogP contribution is 2.32. The van der Waals surface area contributed by atoms with E-state index in [4.69, 9.17) is 4.74 Å². The van der Waals surface area contributed by atoms with Crippen molar-refractivity contribution in [1.29, 1.82) is 0 Å². The van der Waals surface area contributed by atoms with Crippen molar-refractivity contribution in [3.8, 4) is 5.75 Å². The van der Waals surface area contributed by atoms with Gasteiger partial charge in [-0.2, -0.15) is 0 Å². The summed E-state index contributed by atoms with van der Waals surface area (Å²) in [6, 6.07) is 4.71. The number of thiophene rings is 1. The molecule has 134 valence electrons. The molecule has 0 saturated heterocycles. The number of ether oxygens (including phenoxy) is 1. The van der Waals surface area contributed by atoms with Crippen LogP contribution in [0.5, 0.6) is 5.75 Å². The molecule has 1 aliphatic rings. The Labute approximate surface area is 154 Å². The SMILES string of the molecule is COc1ccc(/C=C/c2nc3sc4c(c3c(=O)[nH]2)CCCCC4)cc1F. The van der Waals surface area contributed by atoms with Gasteiger partial charge in [-0.05, 0) is 55.0 Å². The molecule has 4 nitrogen and oxygen atoms in total. The summed E-state index contributed by atoms with van der Waals surface area (Å²) in [5.41, 5.74) is 1.77. The monoisotopic (exact) mass is 370 g/mol. The van der Waals surface area contributed by atoms with Crippen LogP contribution in [0.2, 0.25) is 0 Å². The molecule has 0 amide bonds. The first-order valence-electron chi connectivity index (χ1n) is 8.72. The highest BCUT2D eigenvalue weighted by molar-refractivity contribution is 7.18. The van der Waals surface area contributed by atoms with Gasteiger partial charge in [0.05, 0.1) is 12.5 Å². The second-order valence-electron chi connectivity index (χ2n) is 6.42. The zero-order valence-corrected chi connectivity index (χ0v) is 15.3. The summed E-state index contributed by atoms with van der Waals surface area (Å²) < 4.78 is 18.7. The number of benzene rings is 1. The van der Waals surface area contributed by atoms with Crippen molar-refractivity contribution in [2.75, 3.05) is 7.11 Å². The minimum Gasteiger partial charge on any atom is -0.494 e. The van der Waals surface area contributed by atoms with Gasteiger partial charge in [0.2, 0.25) is 0 Å². The van der Waals surface area contributed by atoms with Gasteiger partial charge in [-0.3, -0.25) is 4.79 Å². The number of H-pyrrole nitrogens is 1. The van der Waals surface area contributed by atoms with Gasteiger partial charge in [0, 0.05) is 4.88 Å². The second kappa shape index (κ2) is 7.03. The fourth-order valence-corrected chi connectivity index (χ4v) is 4.67. The number of aromatic nitrogens is 2. The van der Waals surface area contributed by atoms with E-state index in [2.05, 4.69) is 9.97 Å². The van der Waals surface area contributed by atoms with Gasteiger partial charge in [0.25, 0.3) is 5.56 Å². The molecule has 0 aliphatic heterocycles. The predicted molar refractivity (Wildman–Crippen MR) is 103 cm³/mol. The number of rotatable bonds is 3. The molecule has 26 heavy (non-hydrogen) atoms. The maximum Gasteiger partial charge on any atom is 0.260 e. The molecule has 1 aliphatic carbocycles. The number of hydrogen-bond donors (Lipinski definition) is 1. The van der Waals surface area contributed by atoms with E-state index in [1.807, 2.05) is 0 Å². The van der Waals surface area contributed by atoms with Crippen molar-refractivity contribution in [3.05, 3.63) is 56.2 Å². The summed E-state index contributed by atoms with van der Waals surface area (Å²) in [5, 5.41) is 0.750. The molecule has 0 fully saturated rings. The van der Waals surface area contributed by atoms with Crippen LogP contribution in [-0.2, 0) is 12.8 Å². The molecular formula is C20H19FN2O2S. The molecule has 0 atom stereocenters. The Balaban J connectivity index is 1.69. The zero-order valence-electron chi connectivity index (χ0n) is 14.5. The molecule has 1 N–H and O–H groups in total. The molecule has 0 unspecified atom stereocenters. The highest BCUT2D eigenvalue weighted by Gasteiger charge is 2.18. The lowest BCUT2D eigenvalue weighted by atomic mass is 10.1. The van der Waals surface area contributed by atoms with E-state index in [0.29, 0.717) is 11.4 Å². The first-order valence-corrected chi connectivity index (χ1v) is 9.53. The number of hydrogen-bond acceptors (Lipinski definition) is 4. The fourth-order valence-electron chi connectivity index (χ4n) is 3.40. The molecule has 0 spiro atoms. The van der Waals surface area contributed by atoms with Crippen LogP contribution in [0.1, 0.15) is 41.1 Å². The Bertz CT molecular complexity index is 1050. The van der Waals surface area contributed by atoms with Crippen molar-refractivity contribution >= 4 is 33.7 Å². The quantitative estimate of drug-likeness (QED) is 0.687. The largest absolute Gasteiger partial charge is 0.494 e. The first kappa shape index (κ1) is 17.0. The summed E-state index contributed by atoms with van der Waals surface area (Å²) in [4.78, 5) is 22.1. The summed E-state index contributed by atoms with van der Waals surface area (Å²) in [6.07, 6.45) is 8.94. The van der Waals surface area contributed by atoms with Crippen molar-refractivity contribution in [2.45, 2.75) is 32.1 Å². The molecule has 3 aromatic rings. The van der Waals surface area contributed by atoms with E-state index < -0.39 is 5.82 Å². The van der Waals surface area contributed by atoms with Crippen molar-refractivity contribution < 1.29 is 9.13 Å². The molecule has 1 aromatic carbocycles. The Morgan fingerprint density at radius 2 is 2.08 bits per heavy atom. The van der Waals surface area contributed by atoms with Gasteiger partial charge in [0.1, 0.15) is 10.7 Å². The van der Waals surface area contributed by atoms with E-state index in [9.17, 15) is 9.18 Å². The smallest absolute Gasteiger partial charge is 0.260 e. The number of halogens is 1. The van der Waals surface area contributed by atoms with E-state index in [1.165, 1.54) is 36.5 Å². The lowest BCUT2D eigenvalue weighted by Crippen LogP contribution is -2.10. The Kier molecular flexibility index (Phi) is 4.59. The molecule has 2 aromatic heterocycles. The van der Waals surface area contributed by atoms with Crippen LogP contribution in [0.15, 0.2) is 23.0 Å². The van der Waals surface area contributed by atoms with Gasteiger partial charge >= 0.3 is 0 Å². The van der Waals surface area contributed by atoms with Crippen LogP contribution in [-0.4, -0.2) is 17.1 Å². The third-order valence-electron chi connectivity index (χ3n) is 4.70. The number of methoxy groups -OCH3 is 1. The number of nitrogens with zero attached hydrogens (tertiary/aromatic N) is 1. The van der Waals surface area contributed by atoms with Crippen LogP contribution >= 0.6 is 11.3 Å². The van der Waals surface area contributed by atoms with Crippen LogP contribution in [0.4, 0.5) is 4.39 Å². The minimum atomic E-state index is -0.423.